The van der Waals surface area contributed by atoms with Crippen molar-refractivity contribution in [3.05, 3.63) is 41.9 Å². The van der Waals surface area contributed by atoms with Gasteiger partial charge >= 0.3 is 6.36 Å². The molecule has 90 valence electrons. The van der Waals surface area contributed by atoms with E-state index in [1.807, 2.05) is 0 Å². The molecule has 0 aliphatic carbocycles. The molecule has 2 aromatic rings. The summed E-state index contributed by atoms with van der Waals surface area (Å²) in [6.07, 6.45) is -0.0622. The Kier molecular flexibility index (Phi) is 2.97. The van der Waals surface area contributed by atoms with E-state index in [0.29, 0.717) is 5.69 Å². The highest BCUT2D eigenvalue weighted by Gasteiger charge is 2.31. The topological polar surface area (TPSA) is 27.1 Å². The van der Waals surface area contributed by atoms with Crippen LogP contribution in [0.2, 0.25) is 5.02 Å². The van der Waals surface area contributed by atoms with E-state index in [1.165, 1.54) is 24.7 Å². The van der Waals surface area contributed by atoms with E-state index in [4.69, 9.17) is 11.6 Å². The van der Waals surface area contributed by atoms with Crippen molar-refractivity contribution in [3.8, 4) is 11.4 Å². The molecule has 1 aromatic heterocycles. The molecular weight excluding hydrogens is 257 g/mol. The molecule has 0 saturated heterocycles. The number of benzene rings is 1. The van der Waals surface area contributed by atoms with Crippen LogP contribution in [0.4, 0.5) is 13.2 Å². The van der Waals surface area contributed by atoms with E-state index < -0.39 is 6.36 Å². The molecule has 0 saturated carbocycles. The fourth-order valence-electron chi connectivity index (χ4n) is 1.30. The molecule has 0 bridgehead atoms. The van der Waals surface area contributed by atoms with Crippen LogP contribution >= 0.6 is 11.6 Å². The molecule has 0 radical (unpaired) electrons. The molecule has 0 atom stereocenters. The number of rotatable bonds is 2. The first-order chi connectivity index (χ1) is 7.96. The van der Waals surface area contributed by atoms with Crippen molar-refractivity contribution in [1.82, 2.24) is 9.55 Å². The number of hydrogen-bond acceptors (Lipinski definition) is 2. The van der Waals surface area contributed by atoms with Gasteiger partial charge in [0.05, 0.1) is 17.0 Å². The van der Waals surface area contributed by atoms with Crippen molar-refractivity contribution in [2.75, 3.05) is 0 Å². The molecular formula is C10H6ClF3N2O. The summed E-state index contributed by atoms with van der Waals surface area (Å²) in [5, 5.41) is 0.143. The van der Waals surface area contributed by atoms with Gasteiger partial charge in [0.2, 0.25) is 0 Å². The first-order valence-electron chi connectivity index (χ1n) is 4.49. The summed E-state index contributed by atoms with van der Waals surface area (Å²) in [5.41, 5.74) is 0.527. The molecule has 2 rings (SSSR count). The lowest BCUT2D eigenvalue weighted by atomic mass is 10.3. The smallest absolute Gasteiger partial charge is 0.406 e. The van der Waals surface area contributed by atoms with Crippen molar-refractivity contribution in [3.63, 3.8) is 0 Å². The maximum absolute atomic E-state index is 12.0. The minimum Gasteiger partial charge on any atom is -0.406 e. The van der Waals surface area contributed by atoms with Crippen LogP contribution in [-0.4, -0.2) is 15.9 Å². The number of ether oxygens (including phenoxy) is 1. The zero-order chi connectivity index (χ0) is 12.5. The minimum atomic E-state index is -4.72. The SMILES string of the molecule is FC(F)(F)Oc1ccc(-n2ccnc2)c(Cl)c1. The van der Waals surface area contributed by atoms with E-state index in [2.05, 4.69) is 9.72 Å². The standard InChI is InChI=1S/C10H6ClF3N2O/c11-8-5-7(17-10(12,13)14)1-2-9(8)16-4-3-15-6-16/h1-6H. The van der Waals surface area contributed by atoms with Crippen LogP contribution in [0.25, 0.3) is 5.69 Å². The van der Waals surface area contributed by atoms with Crippen molar-refractivity contribution in [2.24, 2.45) is 0 Å². The van der Waals surface area contributed by atoms with Gasteiger partial charge in [0.15, 0.2) is 0 Å². The summed E-state index contributed by atoms with van der Waals surface area (Å²) >= 11 is 5.85. The Bertz CT molecular complexity index is 511. The Labute approximate surface area is 99.4 Å². The number of aromatic nitrogens is 2. The lowest BCUT2D eigenvalue weighted by Gasteiger charge is -2.11. The molecule has 17 heavy (non-hydrogen) atoms. The molecule has 1 heterocycles. The fourth-order valence-corrected chi connectivity index (χ4v) is 1.56. The first-order valence-corrected chi connectivity index (χ1v) is 4.87. The molecule has 3 nitrogen and oxygen atoms in total. The predicted molar refractivity (Wildman–Crippen MR) is 55.3 cm³/mol. The van der Waals surface area contributed by atoms with Crippen LogP contribution in [0.15, 0.2) is 36.9 Å². The highest BCUT2D eigenvalue weighted by Crippen LogP contribution is 2.29. The van der Waals surface area contributed by atoms with E-state index in [9.17, 15) is 13.2 Å². The number of halogens is 4. The van der Waals surface area contributed by atoms with Crippen molar-refractivity contribution >= 4 is 11.6 Å². The summed E-state index contributed by atoms with van der Waals surface area (Å²) in [5.74, 6) is -0.355. The number of nitrogens with zero attached hydrogens (tertiary/aromatic N) is 2. The van der Waals surface area contributed by atoms with E-state index >= 15 is 0 Å². The van der Waals surface area contributed by atoms with Gasteiger partial charge in [-0.05, 0) is 12.1 Å². The van der Waals surface area contributed by atoms with Gasteiger partial charge in [-0.25, -0.2) is 4.98 Å². The van der Waals surface area contributed by atoms with Crippen LogP contribution in [-0.2, 0) is 0 Å². The fraction of sp³-hybridized carbons (Fsp3) is 0.100. The second-order valence-corrected chi connectivity index (χ2v) is 3.54. The van der Waals surface area contributed by atoms with Crippen LogP contribution < -0.4 is 4.74 Å². The Morgan fingerprint density at radius 3 is 2.59 bits per heavy atom. The van der Waals surface area contributed by atoms with Crippen LogP contribution in [0, 0.1) is 0 Å². The molecule has 0 unspecified atom stereocenters. The maximum Gasteiger partial charge on any atom is 0.573 e. The highest BCUT2D eigenvalue weighted by atomic mass is 35.5. The van der Waals surface area contributed by atoms with Gasteiger partial charge in [0, 0.05) is 18.5 Å². The van der Waals surface area contributed by atoms with Crippen LogP contribution in [0.1, 0.15) is 0 Å². The zero-order valence-corrected chi connectivity index (χ0v) is 9.03. The molecule has 0 aliphatic rings. The third-order valence-corrected chi connectivity index (χ3v) is 2.24. The van der Waals surface area contributed by atoms with Crippen LogP contribution in [0.5, 0.6) is 5.75 Å². The Hall–Kier alpha value is -1.69. The molecule has 0 fully saturated rings. The van der Waals surface area contributed by atoms with Gasteiger partial charge in [-0.2, -0.15) is 0 Å². The summed E-state index contributed by atoms with van der Waals surface area (Å²) < 4.78 is 41.2. The normalized spacial score (nSPS) is 11.5. The summed E-state index contributed by atoms with van der Waals surface area (Å²) in [6.45, 7) is 0. The maximum atomic E-state index is 12.0. The Morgan fingerprint density at radius 1 is 1.29 bits per heavy atom. The second kappa shape index (κ2) is 4.29. The average molecular weight is 263 g/mol. The number of alkyl halides is 3. The summed E-state index contributed by atoms with van der Waals surface area (Å²) in [6, 6.07) is 3.71. The van der Waals surface area contributed by atoms with Crippen molar-refractivity contribution in [1.29, 1.82) is 0 Å². The minimum absolute atomic E-state index is 0.143. The number of imidazole rings is 1. The molecule has 0 amide bonds. The lowest BCUT2D eigenvalue weighted by molar-refractivity contribution is -0.274. The number of hydrogen-bond donors (Lipinski definition) is 0. The third kappa shape index (κ3) is 2.91. The summed E-state index contributed by atoms with van der Waals surface area (Å²) in [7, 11) is 0. The van der Waals surface area contributed by atoms with E-state index in [0.717, 1.165) is 6.07 Å². The van der Waals surface area contributed by atoms with E-state index in [1.54, 1.807) is 10.8 Å². The van der Waals surface area contributed by atoms with Crippen molar-refractivity contribution in [2.45, 2.75) is 6.36 Å². The highest BCUT2D eigenvalue weighted by molar-refractivity contribution is 6.32. The predicted octanol–water partition coefficient (Wildman–Crippen LogP) is 3.42. The van der Waals surface area contributed by atoms with Gasteiger partial charge in [-0.1, -0.05) is 11.6 Å². The second-order valence-electron chi connectivity index (χ2n) is 3.13. The van der Waals surface area contributed by atoms with Crippen LogP contribution in [0.3, 0.4) is 0 Å². The molecule has 7 heteroatoms. The van der Waals surface area contributed by atoms with Gasteiger partial charge < -0.3 is 9.30 Å². The quantitative estimate of drug-likeness (QED) is 0.829. The zero-order valence-electron chi connectivity index (χ0n) is 8.28. The first kappa shape index (κ1) is 11.8. The molecule has 0 aliphatic heterocycles. The lowest BCUT2D eigenvalue weighted by Crippen LogP contribution is -2.17. The van der Waals surface area contributed by atoms with Gasteiger partial charge in [0.1, 0.15) is 5.75 Å². The molecule has 0 spiro atoms. The Balaban J connectivity index is 2.30. The van der Waals surface area contributed by atoms with Gasteiger partial charge in [-0.15, -0.1) is 13.2 Å². The molecule has 1 aromatic carbocycles. The summed E-state index contributed by atoms with van der Waals surface area (Å²) in [4.78, 5) is 3.81. The monoisotopic (exact) mass is 262 g/mol. The third-order valence-electron chi connectivity index (χ3n) is 1.94. The average Bonchev–Trinajstić information content (AvgIpc) is 2.68. The Morgan fingerprint density at radius 2 is 2.06 bits per heavy atom. The van der Waals surface area contributed by atoms with E-state index in [-0.39, 0.29) is 10.8 Å². The largest absolute Gasteiger partial charge is 0.573 e. The van der Waals surface area contributed by atoms with Crippen molar-refractivity contribution < 1.29 is 17.9 Å². The van der Waals surface area contributed by atoms with Gasteiger partial charge in [0.25, 0.3) is 0 Å². The molecule has 0 N–H and O–H groups in total. The van der Waals surface area contributed by atoms with Gasteiger partial charge in [-0.3, -0.25) is 0 Å².